The van der Waals surface area contributed by atoms with Crippen molar-refractivity contribution in [2.45, 2.75) is 33.4 Å². The van der Waals surface area contributed by atoms with Crippen LogP contribution in [0.3, 0.4) is 0 Å². The average Bonchev–Trinajstić information content (AvgIpc) is 3.13. The summed E-state index contributed by atoms with van der Waals surface area (Å²) in [6, 6.07) is 8.39. The number of guanidine groups is 1. The summed E-state index contributed by atoms with van der Waals surface area (Å²) in [4.78, 5) is 8.63. The van der Waals surface area contributed by atoms with E-state index < -0.39 is 0 Å². The van der Waals surface area contributed by atoms with E-state index in [9.17, 15) is 0 Å². The molecule has 26 heavy (non-hydrogen) atoms. The van der Waals surface area contributed by atoms with Crippen LogP contribution in [-0.4, -0.2) is 47.0 Å². The van der Waals surface area contributed by atoms with Gasteiger partial charge in [-0.05, 0) is 31.4 Å². The molecule has 8 heteroatoms. The highest BCUT2D eigenvalue weighted by molar-refractivity contribution is 14.0. The van der Waals surface area contributed by atoms with Crippen molar-refractivity contribution >= 4 is 29.9 Å². The zero-order valence-electron chi connectivity index (χ0n) is 15.5. The van der Waals surface area contributed by atoms with E-state index in [4.69, 9.17) is 4.74 Å². The molecule has 0 unspecified atom stereocenters. The van der Waals surface area contributed by atoms with Gasteiger partial charge in [0.15, 0.2) is 5.96 Å². The van der Waals surface area contributed by atoms with Crippen molar-refractivity contribution in [1.29, 1.82) is 0 Å². The first-order valence-electron chi connectivity index (χ1n) is 8.82. The van der Waals surface area contributed by atoms with Crippen LogP contribution in [0.15, 0.2) is 41.9 Å². The van der Waals surface area contributed by atoms with Crippen molar-refractivity contribution in [3.8, 4) is 0 Å². The molecule has 1 aromatic carbocycles. The first-order chi connectivity index (χ1) is 12.3. The minimum absolute atomic E-state index is 0. The Bertz CT molecular complexity index is 632. The Labute approximate surface area is 172 Å². The molecular formula is C18H29IN6O. The van der Waals surface area contributed by atoms with E-state index in [0.717, 1.165) is 38.7 Å². The molecule has 0 saturated carbocycles. The minimum atomic E-state index is 0. The van der Waals surface area contributed by atoms with Crippen molar-refractivity contribution in [2.24, 2.45) is 4.99 Å². The van der Waals surface area contributed by atoms with Crippen molar-refractivity contribution < 1.29 is 4.74 Å². The standard InChI is InChI=1S/C18H28N6O.HI/c1-3-20-18(21-9-6-10-25-4-2)22-12-16-7-5-8-17(11-16)13-24-15-19-14-23-24;/h5,7-8,11,14-15H,3-4,6,9-10,12-13H2,1-2H3,(H2,20,21,22);1H. The number of aliphatic imine (C=N–C) groups is 1. The third-order valence-electron chi connectivity index (χ3n) is 3.53. The van der Waals surface area contributed by atoms with Gasteiger partial charge in [0, 0.05) is 26.3 Å². The number of nitrogens with one attached hydrogen (secondary N) is 2. The second-order valence-electron chi connectivity index (χ2n) is 5.59. The molecule has 0 fully saturated rings. The molecule has 0 bridgehead atoms. The first kappa shape index (κ1) is 22.4. The molecule has 2 N–H and O–H groups in total. The topological polar surface area (TPSA) is 76.4 Å². The number of halogens is 1. The zero-order valence-corrected chi connectivity index (χ0v) is 17.8. The van der Waals surface area contributed by atoms with Gasteiger partial charge < -0.3 is 15.4 Å². The molecule has 0 atom stereocenters. The van der Waals surface area contributed by atoms with Crippen molar-refractivity contribution in [1.82, 2.24) is 25.4 Å². The Hall–Kier alpha value is -1.68. The fraction of sp³-hybridized carbons (Fsp3) is 0.500. The SMILES string of the molecule is CCNC(=NCc1cccc(Cn2cncn2)c1)NCCCOCC.I. The molecule has 144 valence electrons. The summed E-state index contributed by atoms with van der Waals surface area (Å²) in [5.74, 6) is 0.834. The Morgan fingerprint density at radius 3 is 2.81 bits per heavy atom. The molecule has 0 radical (unpaired) electrons. The summed E-state index contributed by atoms with van der Waals surface area (Å²) in [6.45, 7) is 8.64. The van der Waals surface area contributed by atoms with Crippen LogP contribution in [0.5, 0.6) is 0 Å². The number of benzene rings is 1. The van der Waals surface area contributed by atoms with Crippen molar-refractivity contribution in [2.75, 3.05) is 26.3 Å². The first-order valence-corrected chi connectivity index (χ1v) is 8.82. The van der Waals surface area contributed by atoms with Crippen LogP contribution in [0.4, 0.5) is 0 Å². The van der Waals surface area contributed by atoms with E-state index in [-0.39, 0.29) is 24.0 Å². The van der Waals surface area contributed by atoms with Gasteiger partial charge >= 0.3 is 0 Å². The zero-order chi connectivity index (χ0) is 17.7. The number of nitrogens with zero attached hydrogens (tertiary/aromatic N) is 4. The Morgan fingerprint density at radius 1 is 1.23 bits per heavy atom. The molecule has 2 aromatic rings. The average molecular weight is 472 g/mol. The molecule has 1 heterocycles. The molecule has 0 aliphatic heterocycles. The van der Waals surface area contributed by atoms with Crippen LogP contribution < -0.4 is 10.6 Å². The second kappa shape index (κ2) is 13.5. The van der Waals surface area contributed by atoms with Gasteiger partial charge in [-0.1, -0.05) is 24.3 Å². The third kappa shape index (κ3) is 8.61. The number of hydrogen-bond donors (Lipinski definition) is 2. The number of aromatic nitrogens is 3. The lowest BCUT2D eigenvalue weighted by atomic mass is 10.1. The molecule has 0 amide bonds. The van der Waals surface area contributed by atoms with E-state index in [1.807, 2.05) is 11.6 Å². The maximum absolute atomic E-state index is 5.35. The van der Waals surface area contributed by atoms with Gasteiger partial charge in [-0.2, -0.15) is 5.10 Å². The minimum Gasteiger partial charge on any atom is -0.382 e. The molecule has 2 rings (SSSR count). The largest absolute Gasteiger partial charge is 0.382 e. The maximum Gasteiger partial charge on any atom is 0.191 e. The predicted octanol–water partition coefficient (Wildman–Crippen LogP) is 2.43. The van der Waals surface area contributed by atoms with Gasteiger partial charge in [0.2, 0.25) is 0 Å². The van der Waals surface area contributed by atoms with E-state index >= 15 is 0 Å². The van der Waals surface area contributed by atoms with E-state index in [2.05, 4.69) is 56.9 Å². The molecule has 1 aromatic heterocycles. The molecule has 0 spiro atoms. The molecule has 0 aliphatic carbocycles. The fourth-order valence-corrected chi connectivity index (χ4v) is 2.37. The van der Waals surface area contributed by atoms with Crippen LogP contribution >= 0.6 is 24.0 Å². The smallest absolute Gasteiger partial charge is 0.191 e. The van der Waals surface area contributed by atoms with Crippen LogP contribution in [0.25, 0.3) is 0 Å². The normalized spacial score (nSPS) is 11.1. The number of rotatable bonds is 10. The van der Waals surface area contributed by atoms with Gasteiger partial charge in [-0.3, -0.25) is 0 Å². The summed E-state index contributed by atoms with van der Waals surface area (Å²) in [5.41, 5.74) is 2.36. The number of ether oxygens (including phenoxy) is 1. The molecule has 0 aliphatic rings. The van der Waals surface area contributed by atoms with Crippen LogP contribution in [0, 0.1) is 0 Å². The van der Waals surface area contributed by atoms with Gasteiger partial charge in [0.05, 0.1) is 13.1 Å². The van der Waals surface area contributed by atoms with Crippen LogP contribution in [0.1, 0.15) is 31.4 Å². The Balaban J connectivity index is 0.00000338. The molecule has 0 saturated heterocycles. The highest BCUT2D eigenvalue weighted by Crippen LogP contribution is 2.08. The highest BCUT2D eigenvalue weighted by atomic mass is 127. The Kier molecular flexibility index (Phi) is 11.6. The van der Waals surface area contributed by atoms with E-state index in [1.54, 1.807) is 12.7 Å². The molecule has 7 nitrogen and oxygen atoms in total. The quantitative estimate of drug-likeness (QED) is 0.241. The summed E-state index contributed by atoms with van der Waals surface area (Å²) in [7, 11) is 0. The fourth-order valence-electron chi connectivity index (χ4n) is 2.37. The third-order valence-corrected chi connectivity index (χ3v) is 3.53. The van der Waals surface area contributed by atoms with Crippen LogP contribution in [0.2, 0.25) is 0 Å². The molecular weight excluding hydrogens is 443 g/mol. The number of hydrogen-bond acceptors (Lipinski definition) is 4. The second-order valence-corrected chi connectivity index (χ2v) is 5.59. The summed E-state index contributed by atoms with van der Waals surface area (Å²) >= 11 is 0. The van der Waals surface area contributed by atoms with Crippen LogP contribution in [-0.2, 0) is 17.8 Å². The van der Waals surface area contributed by atoms with Gasteiger partial charge in [0.25, 0.3) is 0 Å². The van der Waals surface area contributed by atoms with Crippen molar-refractivity contribution in [3.63, 3.8) is 0 Å². The van der Waals surface area contributed by atoms with Gasteiger partial charge in [0.1, 0.15) is 12.7 Å². The predicted molar refractivity (Wildman–Crippen MR) is 115 cm³/mol. The van der Waals surface area contributed by atoms with E-state index in [0.29, 0.717) is 13.1 Å². The van der Waals surface area contributed by atoms with E-state index in [1.165, 1.54) is 11.1 Å². The van der Waals surface area contributed by atoms with Gasteiger partial charge in [-0.15, -0.1) is 24.0 Å². The lowest BCUT2D eigenvalue weighted by Crippen LogP contribution is -2.38. The lowest BCUT2D eigenvalue weighted by molar-refractivity contribution is 0.145. The summed E-state index contributed by atoms with van der Waals surface area (Å²) < 4.78 is 7.16. The highest BCUT2D eigenvalue weighted by Gasteiger charge is 2.00. The monoisotopic (exact) mass is 472 g/mol. The maximum atomic E-state index is 5.35. The van der Waals surface area contributed by atoms with Crippen molar-refractivity contribution in [3.05, 3.63) is 48.0 Å². The summed E-state index contributed by atoms with van der Waals surface area (Å²) in [6.07, 6.45) is 4.24. The summed E-state index contributed by atoms with van der Waals surface area (Å²) in [5, 5.41) is 10.8. The Morgan fingerprint density at radius 2 is 2.08 bits per heavy atom. The van der Waals surface area contributed by atoms with Gasteiger partial charge in [-0.25, -0.2) is 14.7 Å². The lowest BCUT2D eigenvalue weighted by Gasteiger charge is -2.11.